The first kappa shape index (κ1) is 33.5. The van der Waals surface area contributed by atoms with Crippen LogP contribution in [0.1, 0.15) is 18.9 Å². The van der Waals surface area contributed by atoms with Gasteiger partial charge in [-0.1, -0.05) is 55.5 Å². The summed E-state index contributed by atoms with van der Waals surface area (Å²) in [5.74, 6) is -0.376. The zero-order valence-electron chi connectivity index (χ0n) is 27.5. The number of nitrogens with zero attached hydrogens (tertiary/aromatic N) is 5. The third-order valence-corrected chi connectivity index (χ3v) is 11.7. The number of pyridine rings is 1. The summed E-state index contributed by atoms with van der Waals surface area (Å²) in [5.41, 5.74) is 4.73. The van der Waals surface area contributed by atoms with Crippen molar-refractivity contribution in [3.05, 3.63) is 58.4 Å². The standard InChI is InChI=1S/C34H40ClN5O6SSi/c1-19-25(39-10-7-11-39)15-23(38-47)28(30(19)42)20-8-5-6-9-21(20)29-22(35)14-24-33(37-29)40(18-43-12-13-48(2,3)4)34(36-24)46-27-17-45-31-26(41)16-44-32(27)31/h5-6,8-9,14-15,19,26-27,31-32,41H,7,10-13,16-18H2,1-4H3/t19?,26-,27-,31-,32-/m1/s1. The highest BCUT2D eigenvalue weighted by Gasteiger charge is 2.49. The van der Waals surface area contributed by atoms with E-state index < -0.39 is 32.5 Å². The molecule has 254 valence electrons. The van der Waals surface area contributed by atoms with Crippen LogP contribution >= 0.6 is 11.6 Å². The number of hydrogen-bond donors (Lipinski definition) is 1. The first-order valence-electron chi connectivity index (χ1n) is 16.4. The molecule has 3 aliphatic heterocycles. The Bertz CT molecular complexity index is 1820. The molecule has 1 N–H and O–H groups in total. The highest BCUT2D eigenvalue weighted by molar-refractivity contribution is 7.47. The Morgan fingerprint density at radius 3 is 2.58 bits per heavy atom. The van der Waals surface area contributed by atoms with Gasteiger partial charge in [-0.15, -0.1) is 0 Å². The number of allylic oxidation sites excluding steroid dienone is 3. The van der Waals surface area contributed by atoms with E-state index in [4.69, 9.17) is 52.9 Å². The fourth-order valence-corrected chi connectivity index (χ4v) is 7.77. The molecule has 2 aromatic heterocycles. The number of aliphatic hydroxyl groups excluding tert-OH is 1. The smallest absolute Gasteiger partial charge is 0.301 e. The van der Waals surface area contributed by atoms with E-state index in [1.54, 1.807) is 10.6 Å². The summed E-state index contributed by atoms with van der Waals surface area (Å²) in [7, 11) is -1.33. The van der Waals surface area contributed by atoms with Crippen LogP contribution in [0.5, 0.6) is 6.01 Å². The van der Waals surface area contributed by atoms with Crippen LogP contribution in [0.25, 0.3) is 28.0 Å². The van der Waals surface area contributed by atoms with Crippen LogP contribution in [-0.4, -0.2) is 95.7 Å². The van der Waals surface area contributed by atoms with Gasteiger partial charge in [0.05, 0.1) is 41.1 Å². The average Bonchev–Trinajstić information content (AvgIpc) is 3.70. The number of rotatable bonds is 11. The molecule has 1 unspecified atom stereocenters. The number of fused-ring (bicyclic) bond motifs is 2. The number of imidazole rings is 1. The maximum absolute atomic E-state index is 14.0. The minimum atomic E-state index is -1.33. The lowest BCUT2D eigenvalue weighted by Crippen LogP contribution is -2.41. The second-order valence-electron chi connectivity index (χ2n) is 14.0. The summed E-state index contributed by atoms with van der Waals surface area (Å²) in [6.07, 6.45) is 1.02. The van der Waals surface area contributed by atoms with Crippen molar-refractivity contribution in [1.29, 1.82) is 0 Å². The second kappa shape index (κ2) is 13.3. The summed E-state index contributed by atoms with van der Waals surface area (Å²) >= 11 is 12.2. The van der Waals surface area contributed by atoms with Crippen LogP contribution in [0.4, 0.5) is 0 Å². The molecule has 3 saturated heterocycles. The highest BCUT2D eigenvalue weighted by atomic mass is 35.5. The number of ketones is 1. The SMILES string of the molecule is CC1C(=O)C(c2ccccc2-c2nc3c(cc2Cl)nc(O[C@@H]2CO[C@H]4[C@@H]2OC[C@H]4O)n3COCC[Si](C)(C)C)=C(N=S)C=C1N1CCC1. The second-order valence-corrected chi connectivity index (χ2v) is 20.3. The van der Waals surface area contributed by atoms with Gasteiger partial charge in [0.25, 0.3) is 0 Å². The molecule has 0 amide bonds. The van der Waals surface area contributed by atoms with E-state index in [1.807, 2.05) is 37.3 Å². The zero-order valence-corrected chi connectivity index (χ0v) is 30.1. The molecule has 1 aromatic carbocycles. The fraction of sp³-hybridized carbons (Fsp3) is 0.500. The van der Waals surface area contributed by atoms with Gasteiger partial charge in [-0.2, -0.15) is 9.35 Å². The number of aromatic nitrogens is 3. The van der Waals surface area contributed by atoms with Crippen molar-refractivity contribution < 1.29 is 28.8 Å². The molecule has 4 aliphatic rings. The van der Waals surface area contributed by atoms with Crippen LogP contribution < -0.4 is 4.74 Å². The number of halogens is 1. The van der Waals surface area contributed by atoms with Gasteiger partial charge >= 0.3 is 6.01 Å². The number of ether oxygens (including phenoxy) is 4. The van der Waals surface area contributed by atoms with Crippen molar-refractivity contribution in [2.75, 3.05) is 32.9 Å². The molecule has 7 rings (SSSR count). The van der Waals surface area contributed by atoms with Crippen LogP contribution in [0, 0.1) is 5.92 Å². The third kappa shape index (κ3) is 6.25. The van der Waals surface area contributed by atoms with Crippen LogP contribution in [-0.2, 0) is 38.2 Å². The predicted octanol–water partition coefficient (Wildman–Crippen LogP) is 5.22. The van der Waals surface area contributed by atoms with E-state index in [2.05, 4.69) is 28.9 Å². The van der Waals surface area contributed by atoms with Crippen molar-refractivity contribution in [3.63, 3.8) is 0 Å². The number of hydrogen-bond acceptors (Lipinski definition) is 11. The predicted molar refractivity (Wildman–Crippen MR) is 187 cm³/mol. The van der Waals surface area contributed by atoms with Crippen molar-refractivity contribution in [2.24, 2.45) is 10.3 Å². The van der Waals surface area contributed by atoms with E-state index in [9.17, 15) is 9.90 Å². The fourth-order valence-electron chi connectivity index (χ4n) is 6.62. The van der Waals surface area contributed by atoms with Crippen LogP contribution in [0.2, 0.25) is 30.7 Å². The van der Waals surface area contributed by atoms with Gasteiger partial charge in [-0.3, -0.25) is 9.36 Å². The molecule has 3 fully saturated rings. The molecule has 5 heterocycles. The molecule has 0 spiro atoms. The summed E-state index contributed by atoms with van der Waals surface area (Å²) in [5, 5.41) is 10.6. The Morgan fingerprint density at radius 1 is 1.12 bits per heavy atom. The number of Topliss-reactive ketones (excluding diaryl/α,β-unsaturated/α-hetero) is 1. The molecule has 0 radical (unpaired) electrons. The van der Waals surface area contributed by atoms with E-state index in [-0.39, 0.29) is 31.6 Å². The van der Waals surface area contributed by atoms with Crippen LogP contribution in [0.3, 0.4) is 0 Å². The number of benzene rings is 1. The molecule has 1 aliphatic carbocycles. The molecule has 0 saturated carbocycles. The summed E-state index contributed by atoms with van der Waals surface area (Å²) < 4.78 is 30.1. The minimum absolute atomic E-state index is 0.0412. The molecule has 48 heavy (non-hydrogen) atoms. The first-order chi connectivity index (χ1) is 23.0. The van der Waals surface area contributed by atoms with E-state index in [1.165, 1.54) is 0 Å². The maximum atomic E-state index is 14.0. The Morgan fingerprint density at radius 2 is 1.88 bits per heavy atom. The van der Waals surface area contributed by atoms with Crippen molar-refractivity contribution in [2.45, 2.75) is 70.2 Å². The van der Waals surface area contributed by atoms with Gasteiger partial charge in [0.15, 0.2) is 17.5 Å². The topological polar surface area (TPSA) is 121 Å². The Kier molecular flexibility index (Phi) is 9.30. The third-order valence-electron chi connectivity index (χ3n) is 9.49. The first-order valence-corrected chi connectivity index (χ1v) is 20.9. The van der Waals surface area contributed by atoms with Crippen molar-refractivity contribution >= 4 is 54.6 Å². The highest BCUT2D eigenvalue weighted by Crippen LogP contribution is 2.41. The Balaban J connectivity index is 1.29. The van der Waals surface area contributed by atoms with E-state index in [0.29, 0.717) is 56.9 Å². The number of carbonyl (C=O) groups is 1. The Labute approximate surface area is 291 Å². The maximum Gasteiger partial charge on any atom is 0.301 e. The van der Waals surface area contributed by atoms with Gasteiger partial charge in [0.1, 0.15) is 30.6 Å². The van der Waals surface area contributed by atoms with Gasteiger partial charge in [0.2, 0.25) is 0 Å². The number of aliphatic hydroxyl groups is 1. The lowest BCUT2D eigenvalue weighted by Gasteiger charge is -2.39. The zero-order chi connectivity index (χ0) is 33.7. The summed E-state index contributed by atoms with van der Waals surface area (Å²) in [4.78, 5) is 26.1. The van der Waals surface area contributed by atoms with Crippen molar-refractivity contribution in [1.82, 2.24) is 19.4 Å². The molecular formula is C34H40ClN5O6SSi. The molecule has 0 bridgehead atoms. The lowest BCUT2D eigenvalue weighted by atomic mass is 9.82. The van der Waals surface area contributed by atoms with Gasteiger partial charge in [0, 0.05) is 51.5 Å². The van der Waals surface area contributed by atoms with Crippen LogP contribution in [0.15, 0.2) is 52.2 Å². The lowest BCUT2D eigenvalue weighted by molar-refractivity contribution is -0.116. The van der Waals surface area contributed by atoms with Gasteiger partial charge in [-0.05, 0) is 37.1 Å². The number of carbonyl (C=O) groups excluding carboxylic acids is 1. The molecule has 5 atom stereocenters. The Hall–Kier alpha value is -3.04. The normalized spacial score (nSPS) is 25.8. The monoisotopic (exact) mass is 709 g/mol. The largest absolute Gasteiger partial charge is 0.456 e. The number of likely N-dealkylation sites (tertiary alicyclic amines) is 1. The average molecular weight is 710 g/mol. The van der Waals surface area contributed by atoms with E-state index >= 15 is 0 Å². The summed E-state index contributed by atoms with van der Waals surface area (Å²) in [6, 6.07) is 10.6. The van der Waals surface area contributed by atoms with Crippen molar-refractivity contribution in [3.8, 4) is 17.3 Å². The van der Waals surface area contributed by atoms with E-state index in [0.717, 1.165) is 31.3 Å². The molecular weight excluding hydrogens is 670 g/mol. The molecule has 11 nitrogen and oxygen atoms in total. The quantitative estimate of drug-likeness (QED) is 0.210. The summed E-state index contributed by atoms with van der Waals surface area (Å²) in [6.45, 7) is 11.9. The van der Waals surface area contributed by atoms with Gasteiger partial charge in [-0.25, -0.2) is 4.98 Å². The van der Waals surface area contributed by atoms with Gasteiger partial charge < -0.3 is 29.0 Å². The molecule has 14 heteroatoms. The minimum Gasteiger partial charge on any atom is -0.456 e. The molecule has 3 aromatic rings.